The maximum absolute atomic E-state index is 12.7. The summed E-state index contributed by atoms with van der Waals surface area (Å²) in [6.07, 6.45) is 6.52. The number of amides is 1. The molecule has 3 rings (SSSR count). The molecule has 0 N–H and O–H groups in total. The molecule has 1 aromatic rings. The van der Waals surface area contributed by atoms with Crippen LogP contribution in [0, 0.1) is 0 Å². The molecule has 1 amide bonds. The number of rotatable bonds is 4. The molecule has 0 aromatic heterocycles. The van der Waals surface area contributed by atoms with E-state index in [0.29, 0.717) is 28.5 Å². The highest BCUT2D eigenvalue weighted by Gasteiger charge is 2.36. The molecule has 2 fully saturated rings. The van der Waals surface area contributed by atoms with Gasteiger partial charge in [0.05, 0.1) is 16.5 Å². The van der Waals surface area contributed by atoms with Gasteiger partial charge in [0.1, 0.15) is 0 Å². The Morgan fingerprint density at radius 2 is 1.91 bits per heavy atom. The highest BCUT2D eigenvalue weighted by atomic mass is 35.5. The zero-order valence-corrected chi connectivity index (χ0v) is 15.1. The zero-order valence-electron chi connectivity index (χ0n) is 13.6. The van der Waals surface area contributed by atoms with Crippen LogP contribution in [-0.2, 0) is 11.2 Å². The second-order valence-corrected chi connectivity index (χ2v) is 7.55. The molecule has 1 saturated heterocycles. The summed E-state index contributed by atoms with van der Waals surface area (Å²) in [6, 6.07) is 6.33. The van der Waals surface area contributed by atoms with Gasteiger partial charge >= 0.3 is 0 Å². The number of carbonyl (C=O) groups excluding carboxylic acids is 1. The average molecular weight is 355 g/mol. The van der Waals surface area contributed by atoms with E-state index in [1.807, 2.05) is 18.0 Å². The van der Waals surface area contributed by atoms with Crippen molar-refractivity contribution in [3.8, 4) is 0 Å². The molecule has 23 heavy (non-hydrogen) atoms. The number of hydrogen-bond acceptors (Lipinski definition) is 2. The predicted molar refractivity (Wildman–Crippen MR) is 95.2 cm³/mol. The molecule has 2 atom stereocenters. The lowest BCUT2D eigenvalue weighted by molar-refractivity contribution is -0.134. The fourth-order valence-electron chi connectivity index (χ4n) is 3.78. The highest BCUT2D eigenvalue weighted by molar-refractivity contribution is 6.42. The molecule has 1 aliphatic heterocycles. The summed E-state index contributed by atoms with van der Waals surface area (Å²) < 4.78 is 0. The van der Waals surface area contributed by atoms with E-state index < -0.39 is 0 Å². The molecule has 126 valence electrons. The minimum Gasteiger partial charge on any atom is -0.341 e. The van der Waals surface area contributed by atoms with Crippen LogP contribution in [0.2, 0.25) is 10.0 Å². The Hall–Kier alpha value is -0.770. The van der Waals surface area contributed by atoms with E-state index in [0.717, 1.165) is 12.0 Å². The van der Waals surface area contributed by atoms with Crippen molar-refractivity contribution < 1.29 is 4.79 Å². The van der Waals surface area contributed by atoms with E-state index in [2.05, 4.69) is 4.90 Å². The number of nitrogens with zero attached hydrogens (tertiary/aromatic N) is 2. The molecule has 0 radical (unpaired) electrons. The number of likely N-dealkylation sites (tertiary alicyclic amines) is 1. The highest BCUT2D eigenvalue weighted by Crippen LogP contribution is 2.30. The second kappa shape index (κ2) is 7.42. The van der Waals surface area contributed by atoms with Crippen molar-refractivity contribution in [2.24, 2.45) is 0 Å². The van der Waals surface area contributed by atoms with Crippen LogP contribution < -0.4 is 0 Å². The third-order valence-corrected chi connectivity index (χ3v) is 6.02. The van der Waals surface area contributed by atoms with Gasteiger partial charge in [-0.25, -0.2) is 0 Å². The number of halogens is 2. The van der Waals surface area contributed by atoms with Gasteiger partial charge in [-0.1, -0.05) is 42.1 Å². The Labute approximate surface area is 148 Å². The van der Waals surface area contributed by atoms with Crippen molar-refractivity contribution >= 4 is 29.1 Å². The van der Waals surface area contributed by atoms with Crippen molar-refractivity contribution in [3.05, 3.63) is 33.8 Å². The van der Waals surface area contributed by atoms with Gasteiger partial charge in [0.15, 0.2) is 0 Å². The molecule has 1 aromatic carbocycles. The summed E-state index contributed by atoms with van der Waals surface area (Å²) in [5.41, 5.74) is 0.924. The molecule has 0 bridgehead atoms. The fraction of sp³-hybridized carbons (Fsp3) is 0.611. The Balaban J connectivity index is 1.66. The molecule has 1 aliphatic carbocycles. The van der Waals surface area contributed by atoms with Gasteiger partial charge < -0.3 is 4.90 Å². The first-order valence-electron chi connectivity index (χ1n) is 8.50. The smallest absolute Gasteiger partial charge is 0.227 e. The second-order valence-electron chi connectivity index (χ2n) is 6.74. The van der Waals surface area contributed by atoms with E-state index in [1.165, 1.54) is 38.8 Å². The largest absolute Gasteiger partial charge is 0.341 e. The molecule has 1 heterocycles. The van der Waals surface area contributed by atoms with Crippen molar-refractivity contribution in [2.45, 2.75) is 50.6 Å². The van der Waals surface area contributed by atoms with Crippen LogP contribution in [0.1, 0.15) is 37.7 Å². The predicted octanol–water partition coefficient (Wildman–Crippen LogP) is 4.01. The fourth-order valence-corrected chi connectivity index (χ4v) is 4.10. The normalized spacial score (nSPS) is 25.0. The number of likely N-dealkylation sites (N-methyl/N-ethyl adjacent to an activating group) is 1. The first kappa shape index (κ1) is 17.1. The summed E-state index contributed by atoms with van der Waals surface area (Å²) in [5, 5.41) is 1.04. The summed E-state index contributed by atoms with van der Waals surface area (Å²) in [4.78, 5) is 17.2. The lowest BCUT2D eigenvalue weighted by Gasteiger charge is -2.47. The third-order valence-electron chi connectivity index (χ3n) is 5.28. The van der Waals surface area contributed by atoms with E-state index in [9.17, 15) is 4.79 Å². The quantitative estimate of drug-likeness (QED) is 0.815. The molecule has 1 saturated carbocycles. The molecule has 0 unspecified atom stereocenters. The Morgan fingerprint density at radius 1 is 1.17 bits per heavy atom. The van der Waals surface area contributed by atoms with Crippen molar-refractivity contribution in [2.75, 3.05) is 20.1 Å². The van der Waals surface area contributed by atoms with Crippen LogP contribution in [0.15, 0.2) is 18.2 Å². The van der Waals surface area contributed by atoms with Gasteiger partial charge in [-0.2, -0.15) is 0 Å². The maximum atomic E-state index is 12.7. The van der Waals surface area contributed by atoms with Crippen molar-refractivity contribution in [3.63, 3.8) is 0 Å². The molecular weight excluding hydrogens is 331 g/mol. The summed E-state index contributed by atoms with van der Waals surface area (Å²) >= 11 is 12.0. The van der Waals surface area contributed by atoms with E-state index >= 15 is 0 Å². The number of carbonyl (C=O) groups is 1. The van der Waals surface area contributed by atoms with Gasteiger partial charge in [-0.3, -0.25) is 9.69 Å². The van der Waals surface area contributed by atoms with Gasteiger partial charge in [0.2, 0.25) is 5.91 Å². The van der Waals surface area contributed by atoms with Gasteiger partial charge in [-0.15, -0.1) is 0 Å². The van der Waals surface area contributed by atoms with Crippen LogP contribution in [0.25, 0.3) is 0 Å². The van der Waals surface area contributed by atoms with Gasteiger partial charge in [-0.05, 0) is 50.0 Å². The minimum atomic E-state index is 0.167. The monoisotopic (exact) mass is 354 g/mol. The Morgan fingerprint density at radius 3 is 2.57 bits per heavy atom. The molecule has 2 aliphatic rings. The Kier molecular flexibility index (Phi) is 5.50. The first-order chi connectivity index (χ1) is 11.1. The lowest BCUT2D eigenvalue weighted by atomic mass is 9.86. The standard InChI is InChI=1S/C18H24Cl2N2O/c1-21(16-5-2-3-6-17(16)22-9-4-10-22)18(23)12-13-7-8-14(19)15(20)11-13/h7-8,11,16-17H,2-6,9-10,12H2,1H3/t16-,17-/m1/s1. The summed E-state index contributed by atoms with van der Waals surface area (Å²) in [7, 11) is 1.96. The van der Waals surface area contributed by atoms with Crippen molar-refractivity contribution in [1.29, 1.82) is 0 Å². The molecular formula is C18H24Cl2N2O. The maximum Gasteiger partial charge on any atom is 0.227 e. The third kappa shape index (κ3) is 3.84. The summed E-state index contributed by atoms with van der Waals surface area (Å²) in [5.74, 6) is 0.167. The Bertz CT molecular complexity index is 574. The first-order valence-corrected chi connectivity index (χ1v) is 9.25. The van der Waals surface area contributed by atoms with Gasteiger partial charge in [0.25, 0.3) is 0 Å². The zero-order chi connectivity index (χ0) is 16.4. The van der Waals surface area contributed by atoms with Crippen LogP contribution in [-0.4, -0.2) is 47.9 Å². The molecule has 0 spiro atoms. The lowest BCUT2D eigenvalue weighted by Crippen LogP contribution is -2.57. The van der Waals surface area contributed by atoms with Crippen LogP contribution in [0.4, 0.5) is 0 Å². The SMILES string of the molecule is CN(C(=O)Cc1ccc(Cl)c(Cl)c1)[C@@H]1CCCC[C@H]1N1CCC1. The van der Waals surface area contributed by atoms with E-state index in [4.69, 9.17) is 23.2 Å². The van der Waals surface area contributed by atoms with Crippen LogP contribution >= 0.6 is 23.2 Å². The van der Waals surface area contributed by atoms with Crippen LogP contribution in [0.5, 0.6) is 0 Å². The minimum absolute atomic E-state index is 0.167. The van der Waals surface area contributed by atoms with Gasteiger partial charge in [0, 0.05) is 19.1 Å². The topological polar surface area (TPSA) is 23.6 Å². The van der Waals surface area contributed by atoms with Crippen LogP contribution in [0.3, 0.4) is 0 Å². The van der Waals surface area contributed by atoms with E-state index in [1.54, 1.807) is 12.1 Å². The summed E-state index contributed by atoms with van der Waals surface area (Å²) in [6.45, 7) is 2.38. The number of hydrogen-bond donors (Lipinski definition) is 0. The van der Waals surface area contributed by atoms with E-state index in [-0.39, 0.29) is 5.91 Å². The average Bonchev–Trinajstić information content (AvgIpc) is 2.49. The molecule has 5 heteroatoms. The van der Waals surface area contributed by atoms with Crippen molar-refractivity contribution in [1.82, 2.24) is 9.80 Å². The molecule has 3 nitrogen and oxygen atoms in total. The number of benzene rings is 1.